The monoisotopic (exact) mass is 489 g/mol. The van der Waals surface area contributed by atoms with Crippen LogP contribution in [0.5, 0.6) is 0 Å². The third-order valence-electron chi connectivity index (χ3n) is 7.53. The van der Waals surface area contributed by atoms with E-state index in [1.54, 1.807) is 16.5 Å². The van der Waals surface area contributed by atoms with Gasteiger partial charge in [0.2, 0.25) is 15.9 Å². The Morgan fingerprint density at radius 1 is 1.18 bits per heavy atom. The largest absolute Gasteiger partial charge is 0.422 e. The van der Waals surface area contributed by atoms with Gasteiger partial charge in [-0.1, -0.05) is 16.9 Å². The summed E-state index contributed by atoms with van der Waals surface area (Å²) in [6.07, 6.45) is 7.34. The normalized spacial score (nSPS) is 28.9. The molecular weight excluding hydrogens is 462 g/mol. The first-order valence-electron chi connectivity index (χ1n) is 11.4. The van der Waals surface area contributed by atoms with Gasteiger partial charge >= 0.3 is 5.84 Å². The predicted molar refractivity (Wildman–Crippen MR) is 123 cm³/mol. The summed E-state index contributed by atoms with van der Waals surface area (Å²) in [6.45, 7) is 0. The lowest BCUT2D eigenvalue weighted by Gasteiger charge is -2.56. The van der Waals surface area contributed by atoms with Gasteiger partial charge in [-0.05, 0) is 74.5 Å². The highest BCUT2D eigenvalue weighted by Crippen LogP contribution is 2.55. The van der Waals surface area contributed by atoms with E-state index in [1.165, 1.54) is 55.5 Å². The zero-order valence-corrected chi connectivity index (χ0v) is 20.3. The van der Waals surface area contributed by atoms with Gasteiger partial charge in [-0.2, -0.15) is 0 Å². The summed E-state index contributed by atoms with van der Waals surface area (Å²) in [5.74, 6) is 2.82. The van der Waals surface area contributed by atoms with Crippen molar-refractivity contribution in [2.45, 2.75) is 54.1 Å². The molecule has 7 rings (SSSR count). The van der Waals surface area contributed by atoms with Crippen molar-refractivity contribution < 1.29 is 17.6 Å². The summed E-state index contributed by atoms with van der Waals surface area (Å²) in [5, 5.41) is 12.1. The van der Waals surface area contributed by atoms with Crippen molar-refractivity contribution in [2.75, 3.05) is 19.8 Å². The first-order valence-corrected chi connectivity index (χ1v) is 13.8. The number of aromatic nitrogens is 3. The standard InChI is InChI=1S/C22H27N5O4S2/c1-26(2)33(29,30)16-3-4-18-17(8-16)27-20(31-18)24-25-21(27)32-12-19(28)23-22-9-13-5-14(10-22)7-15(6-13)11-22/h3-4,8,13-15H,5-7,9-12H2,1-2H3,(H,23,28). The molecule has 1 aromatic carbocycles. The number of rotatable bonds is 6. The highest BCUT2D eigenvalue weighted by Gasteiger charge is 2.51. The molecule has 4 saturated carbocycles. The SMILES string of the molecule is CN(C)S(=O)(=O)c1ccc2oc3nnc(SCC(=O)NC45CC6CC(CC(C6)C4)C5)n3c2c1. The zero-order valence-electron chi connectivity index (χ0n) is 18.7. The molecule has 0 spiro atoms. The molecule has 9 nitrogen and oxygen atoms in total. The molecule has 176 valence electrons. The summed E-state index contributed by atoms with van der Waals surface area (Å²) in [5.41, 5.74) is 1.05. The molecule has 4 bridgehead atoms. The summed E-state index contributed by atoms with van der Waals surface area (Å²) >= 11 is 1.29. The second kappa shape index (κ2) is 7.44. The number of thioether (sulfide) groups is 1. The quantitative estimate of drug-likeness (QED) is 0.530. The first-order chi connectivity index (χ1) is 15.7. The summed E-state index contributed by atoms with van der Waals surface area (Å²) < 4.78 is 33.7. The van der Waals surface area contributed by atoms with E-state index >= 15 is 0 Å². The number of amides is 1. The highest BCUT2D eigenvalue weighted by atomic mass is 32.2. The average Bonchev–Trinajstić information content (AvgIpc) is 3.29. The van der Waals surface area contributed by atoms with E-state index < -0.39 is 10.0 Å². The van der Waals surface area contributed by atoms with Crippen LogP contribution >= 0.6 is 11.8 Å². The minimum Gasteiger partial charge on any atom is -0.422 e. The van der Waals surface area contributed by atoms with Gasteiger partial charge < -0.3 is 9.73 Å². The molecule has 0 radical (unpaired) electrons. The van der Waals surface area contributed by atoms with Gasteiger partial charge in [0, 0.05) is 19.6 Å². The summed E-state index contributed by atoms with van der Waals surface area (Å²) in [4.78, 5) is 13.1. The maximum absolute atomic E-state index is 12.9. The Bertz CT molecular complexity index is 1320. The highest BCUT2D eigenvalue weighted by molar-refractivity contribution is 7.99. The van der Waals surface area contributed by atoms with Crippen LogP contribution < -0.4 is 5.32 Å². The van der Waals surface area contributed by atoms with Crippen molar-refractivity contribution in [3.8, 4) is 0 Å². The van der Waals surface area contributed by atoms with Crippen molar-refractivity contribution >= 4 is 44.6 Å². The predicted octanol–water partition coefficient (Wildman–Crippen LogP) is 2.90. The first kappa shape index (κ1) is 21.4. The number of hydrogen-bond acceptors (Lipinski definition) is 7. The third kappa shape index (κ3) is 3.55. The molecule has 4 aliphatic carbocycles. The van der Waals surface area contributed by atoms with Gasteiger partial charge in [-0.15, -0.1) is 5.10 Å². The van der Waals surface area contributed by atoms with Crippen LogP contribution in [0.2, 0.25) is 0 Å². The lowest BCUT2D eigenvalue weighted by Crippen LogP contribution is -2.60. The minimum atomic E-state index is -3.60. The number of nitrogens with zero attached hydrogens (tertiary/aromatic N) is 4. The van der Waals surface area contributed by atoms with Gasteiger partial charge in [0.1, 0.15) is 0 Å². The topological polar surface area (TPSA) is 110 Å². The Morgan fingerprint density at radius 2 is 1.85 bits per heavy atom. The van der Waals surface area contributed by atoms with E-state index in [1.807, 2.05) is 0 Å². The molecule has 11 heteroatoms. The Morgan fingerprint density at radius 3 is 2.48 bits per heavy atom. The van der Waals surface area contributed by atoms with Crippen molar-refractivity contribution in [1.29, 1.82) is 0 Å². The Kier molecular flexibility index (Phi) is 4.83. The Hall–Kier alpha value is -2.11. The fraction of sp³-hybridized carbons (Fsp3) is 0.591. The Labute approximate surface area is 196 Å². The van der Waals surface area contributed by atoms with E-state index in [0.717, 1.165) is 37.0 Å². The van der Waals surface area contributed by atoms with Gasteiger partial charge in [0.25, 0.3) is 0 Å². The molecule has 33 heavy (non-hydrogen) atoms. The van der Waals surface area contributed by atoms with E-state index in [-0.39, 0.29) is 27.9 Å². The number of fused-ring (bicyclic) bond motifs is 3. The molecule has 3 aromatic rings. The lowest BCUT2D eigenvalue weighted by atomic mass is 9.53. The van der Waals surface area contributed by atoms with Gasteiger partial charge in [0.15, 0.2) is 10.7 Å². The van der Waals surface area contributed by atoms with Crippen LogP contribution in [0.3, 0.4) is 0 Å². The number of carbonyl (C=O) groups is 1. The van der Waals surface area contributed by atoms with Crippen molar-refractivity contribution in [2.24, 2.45) is 17.8 Å². The average molecular weight is 490 g/mol. The van der Waals surface area contributed by atoms with Crippen LogP contribution in [0.1, 0.15) is 38.5 Å². The van der Waals surface area contributed by atoms with Crippen LogP contribution in [0.4, 0.5) is 0 Å². The smallest absolute Gasteiger partial charge is 0.328 e. The molecule has 0 aliphatic heterocycles. The van der Waals surface area contributed by atoms with E-state index in [2.05, 4.69) is 15.5 Å². The second-order valence-electron chi connectivity index (χ2n) is 10.2. The second-order valence-corrected chi connectivity index (χ2v) is 13.2. The maximum Gasteiger partial charge on any atom is 0.328 e. The van der Waals surface area contributed by atoms with Gasteiger partial charge in [0.05, 0.1) is 16.2 Å². The maximum atomic E-state index is 12.9. The van der Waals surface area contributed by atoms with Crippen molar-refractivity contribution in [3.63, 3.8) is 0 Å². The molecule has 4 aliphatic rings. The van der Waals surface area contributed by atoms with E-state index in [0.29, 0.717) is 16.3 Å². The van der Waals surface area contributed by atoms with Gasteiger partial charge in [-0.25, -0.2) is 17.1 Å². The van der Waals surface area contributed by atoms with Gasteiger partial charge in [-0.3, -0.25) is 4.79 Å². The number of oxazole rings is 1. The van der Waals surface area contributed by atoms with Crippen LogP contribution in [0.25, 0.3) is 16.9 Å². The van der Waals surface area contributed by atoms with E-state index in [9.17, 15) is 13.2 Å². The zero-order chi connectivity index (χ0) is 23.0. The number of carbonyl (C=O) groups excluding carboxylic acids is 1. The minimum absolute atomic E-state index is 0.0161. The molecule has 0 atom stereocenters. The van der Waals surface area contributed by atoms with Crippen LogP contribution in [0, 0.1) is 17.8 Å². The number of sulfonamides is 1. The van der Waals surface area contributed by atoms with Crippen molar-refractivity contribution in [1.82, 2.24) is 24.2 Å². The Balaban J connectivity index is 1.23. The summed E-state index contributed by atoms with van der Waals surface area (Å²) in [7, 11) is -0.610. The number of benzene rings is 1. The van der Waals surface area contributed by atoms with E-state index in [4.69, 9.17) is 4.42 Å². The fourth-order valence-electron chi connectivity index (χ4n) is 6.58. The number of nitrogens with one attached hydrogen (secondary N) is 1. The molecular formula is C22H27N5O4S2. The molecule has 1 amide bonds. The molecule has 0 unspecified atom stereocenters. The molecule has 2 heterocycles. The molecule has 0 saturated heterocycles. The lowest BCUT2D eigenvalue weighted by molar-refractivity contribution is -0.124. The van der Waals surface area contributed by atoms with Crippen molar-refractivity contribution in [3.05, 3.63) is 18.2 Å². The molecule has 2 aromatic heterocycles. The molecule has 1 N–H and O–H groups in total. The number of hydrogen-bond donors (Lipinski definition) is 1. The van der Waals surface area contributed by atoms with Crippen LogP contribution in [-0.4, -0.2) is 58.6 Å². The fourth-order valence-corrected chi connectivity index (χ4v) is 8.23. The van der Waals surface area contributed by atoms with Crippen LogP contribution in [0.15, 0.2) is 32.7 Å². The molecule has 4 fully saturated rings. The third-order valence-corrected chi connectivity index (χ3v) is 10.3. The summed E-state index contributed by atoms with van der Waals surface area (Å²) in [6, 6.07) is 4.69. The van der Waals surface area contributed by atoms with Crippen LogP contribution in [-0.2, 0) is 14.8 Å².